The van der Waals surface area contributed by atoms with E-state index in [2.05, 4.69) is 26.2 Å². The van der Waals surface area contributed by atoms with Gasteiger partial charge in [-0.15, -0.1) is 0 Å². The van der Waals surface area contributed by atoms with Gasteiger partial charge in [0, 0.05) is 11.9 Å². The Morgan fingerprint density at radius 1 is 1.19 bits per heavy atom. The number of halogens is 5. The summed E-state index contributed by atoms with van der Waals surface area (Å²) in [6, 6.07) is 5.64. The first-order valence-electron chi connectivity index (χ1n) is 5.57. The molecule has 0 unspecified atom stereocenters. The van der Waals surface area contributed by atoms with E-state index in [1.54, 1.807) is 0 Å². The summed E-state index contributed by atoms with van der Waals surface area (Å²) in [5, 5.41) is 2.27. The Kier molecular flexibility index (Phi) is 4.26. The zero-order chi connectivity index (χ0) is 15.6. The molecule has 1 aromatic carbocycles. The molecule has 0 saturated heterocycles. The van der Waals surface area contributed by atoms with Gasteiger partial charge in [0.25, 0.3) is 5.91 Å². The van der Waals surface area contributed by atoms with Gasteiger partial charge in [-0.2, -0.15) is 13.2 Å². The molecular formula is C13H7BrF4N2O. The standard InChI is InChI=1S/C13H7BrF4N2O/c14-11-5-9(10(6-19-11)13(16,17)18)12(21)20-8-3-1-7(15)2-4-8/h1-6H,(H,20,21). The number of amides is 1. The Hall–Kier alpha value is -1.96. The van der Waals surface area contributed by atoms with Crippen molar-refractivity contribution in [1.82, 2.24) is 4.98 Å². The van der Waals surface area contributed by atoms with Crippen LogP contribution in [0.25, 0.3) is 0 Å². The van der Waals surface area contributed by atoms with E-state index < -0.39 is 29.0 Å². The first kappa shape index (κ1) is 15.4. The molecule has 2 aromatic rings. The number of anilines is 1. The minimum Gasteiger partial charge on any atom is -0.322 e. The number of pyridine rings is 1. The van der Waals surface area contributed by atoms with Crippen LogP contribution in [0.15, 0.2) is 41.1 Å². The lowest BCUT2D eigenvalue weighted by Crippen LogP contribution is -2.19. The summed E-state index contributed by atoms with van der Waals surface area (Å²) in [6.07, 6.45) is -4.13. The number of hydrogen-bond donors (Lipinski definition) is 1. The normalized spacial score (nSPS) is 11.3. The third kappa shape index (κ3) is 3.78. The third-order valence-electron chi connectivity index (χ3n) is 2.52. The van der Waals surface area contributed by atoms with Crippen LogP contribution in [0.5, 0.6) is 0 Å². The predicted octanol–water partition coefficient (Wildman–Crippen LogP) is 4.25. The van der Waals surface area contributed by atoms with E-state index >= 15 is 0 Å². The monoisotopic (exact) mass is 362 g/mol. The molecule has 0 atom stereocenters. The highest BCUT2D eigenvalue weighted by atomic mass is 79.9. The zero-order valence-corrected chi connectivity index (χ0v) is 11.8. The second kappa shape index (κ2) is 5.80. The summed E-state index contributed by atoms with van der Waals surface area (Å²) in [4.78, 5) is 15.4. The molecule has 21 heavy (non-hydrogen) atoms. The topological polar surface area (TPSA) is 42.0 Å². The maximum absolute atomic E-state index is 12.8. The number of benzene rings is 1. The molecule has 0 fully saturated rings. The molecule has 8 heteroatoms. The summed E-state index contributed by atoms with van der Waals surface area (Å²) in [5.41, 5.74) is -1.54. The Morgan fingerprint density at radius 2 is 1.81 bits per heavy atom. The highest BCUT2D eigenvalue weighted by Crippen LogP contribution is 2.32. The molecule has 0 bridgehead atoms. The smallest absolute Gasteiger partial charge is 0.322 e. The number of nitrogens with zero attached hydrogens (tertiary/aromatic N) is 1. The first-order valence-corrected chi connectivity index (χ1v) is 6.36. The predicted molar refractivity (Wildman–Crippen MR) is 71.3 cm³/mol. The van der Waals surface area contributed by atoms with E-state index in [0.717, 1.165) is 18.2 Å². The fourth-order valence-electron chi connectivity index (χ4n) is 1.58. The Labute approximate surface area is 125 Å². The van der Waals surface area contributed by atoms with Crippen molar-refractivity contribution in [2.45, 2.75) is 6.18 Å². The van der Waals surface area contributed by atoms with E-state index in [9.17, 15) is 22.4 Å². The van der Waals surface area contributed by atoms with Crippen molar-refractivity contribution in [3.05, 3.63) is 58.1 Å². The van der Waals surface area contributed by atoms with Gasteiger partial charge in [-0.05, 0) is 46.3 Å². The van der Waals surface area contributed by atoms with Crippen molar-refractivity contribution in [2.24, 2.45) is 0 Å². The SMILES string of the molecule is O=C(Nc1ccc(F)cc1)c1cc(Br)ncc1C(F)(F)F. The Morgan fingerprint density at radius 3 is 2.38 bits per heavy atom. The number of carbonyl (C=O) groups excluding carboxylic acids is 1. The fourth-order valence-corrected chi connectivity index (χ4v) is 1.91. The maximum Gasteiger partial charge on any atom is 0.418 e. The lowest BCUT2D eigenvalue weighted by molar-refractivity contribution is -0.138. The molecule has 1 heterocycles. The minimum absolute atomic E-state index is 0.0970. The molecule has 0 saturated carbocycles. The van der Waals surface area contributed by atoms with Crippen LogP contribution in [0.3, 0.4) is 0 Å². The van der Waals surface area contributed by atoms with Crippen LogP contribution >= 0.6 is 15.9 Å². The average Bonchev–Trinajstić information content (AvgIpc) is 2.40. The molecule has 0 aliphatic heterocycles. The molecule has 1 aromatic heterocycles. The second-order valence-corrected chi connectivity index (χ2v) is 4.82. The summed E-state index contributed by atoms with van der Waals surface area (Å²) in [6.45, 7) is 0. The molecular weight excluding hydrogens is 356 g/mol. The zero-order valence-electron chi connectivity index (χ0n) is 10.2. The van der Waals surface area contributed by atoms with Crippen LogP contribution in [0.4, 0.5) is 23.2 Å². The van der Waals surface area contributed by atoms with Crippen molar-refractivity contribution >= 4 is 27.5 Å². The fraction of sp³-hybridized carbons (Fsp3) is 0.0769. The number of nitrogens with one attached hydrogen (secondary N) is 1. The van der Waals surface area contributed by atoms with E-state index in [-0.39, 0.29) is 10.3 Å². The largest absolute Gasteiger partial charge is 0.418 e. The lowest BCUT2D eigenvalue weighted by atomic mass is 10.1. The Bertz CT molecular complexity index is 671. The summed E-state index contributed by atoms with van der Waals surface area (Å²) < 4.78 is 51.4. The molecule has 1 N–H and O–H groups in total. The van der Waals surface area contributed by atoms with Gasteiger partial charge in [-0.25, -0.2) is 9.37 Å². The highest BCUT2D eigenvalue weighted by molar-refractivity contribution is 9.10. The molecule has 0 aliphatic carbocycles. The number of alkyl halides is 3. The quantitative estimate of drug-likeness (QED) is 0.640. The van der Waals surface area contributed by atoms with Crippen LogP contribution in [-0.4, -0.2) is 10.9 Å². The maximum atomic E-state index is 12.8. The average molecular weight is 363 g/mol. The van der Waals surface area contributed by atoms with Gasteiger partial charge in [-0.1, -0.05) is 0 Å². The molecule has 0 spiro atoms. The summed E-state index contributed by atoms with van der Waals surface area (Å²) in [5.74, 6) is -1.48. The Balaban J connectivity index is 2.34. The highest BCUT2D eigenvalue weighted by Gasteiger charge is 2.35. The van der Waals surface area contributed by atoms with Gasteiger partial charge >= 0.3 is 6.18 Å². The van der Waals surface area contributed by atoms with Gasteiger partial charge in [0.15, 0.2) is 0 Å². The van der Waals surface area contributed by atoms with Crippen LogP contribution in [0, 0.1) is 5.82 Å². The van der Waals surface area contributed by atoms with Gasteiger partial charge in [0.05, 0.1) is 11.1 Å². The van der Waals surface area contributed by atoms with E-state index in [4.69, 9.17) is 0 Å². The van der Waals surface area contributed by atoms with Crippen molar-refractivity contribution in [1.29, 1.82) is 0 Å². The number of rotatable bonds is 2. The molecule has 110 valence electrons. The van der Waals surface area contributed by atoms with Crippen molar-refractivity contribution in [3.63, 3.8) is 0 Å². The van der Waals surface area contributed by atoms with Gasteiger partial charge in [0.1, 0.15) is 10.4 Å². The van der Waals surface area contributed by atoms with Gasteiger partial charge in [-0.3, -0.25) is 4.79 Å². The van der Waals surface area contributed by atoms with Crippen molar-refractivity contribution in [3.8, 4) is 0 Å². The second-order valence-electron chi connectivity index (χ2n) is 4.01. The number of aromatic nitrogens is 1. The van der Waals surface area contributed by atoms with Crippen LogP contribution < -0.4 is 5.32 Å². The van der Waals surface area contributed by atoms with E-state index in [1.807, 2.05) is 0 Å². The van der Waals surface area contributed by atoms with Crippen LogP contribution in [-0.2, 0) is 6.18 Å². The van der Waals surface area contributed by atoms with Crippen molar-refractivity contribution < 1.29 is 22.4 Å². The minimum atomic E-state index is -4.71. The van der Waals surface area contributed by atoms with Crippen molar-refractivity contribution in [2.75, 3.05) is 5.32 Å². The summed E-state index contributed by atoms with van der Waals surface area (Å²) >= 11 is 2.92. The van der Waals surface area contributed by atoms with E-state index in [1.165, 1.54) is 12.1 Å². The van der Waals surface area contributed by atoms with Crippen LogP contribution in [0.2, 0.25) is 0 Å². The van der Waals surface area contributed by atoms with E-state index in [0.29, 0.717) is 6.20 Å². The molecule has 0 aliphatic rings. The molecule has 1 amide bonds. The lowest BCUT2D eigenvalue weighted by Gasteiger charge is -2.12. The first-order chi connectivity index (χ1) is 9.77. The number of carbonyl (C=O) groups is 1. The van der Waals surface area contributed by atoms with Crippen LogP contribution in [0.1, 0.15) is 15.9 Å². The van der Waals surface area contributed by atoms with Gasteiger partial charge in [0.2, 0.25) is 0 Å². The molecule has 3 nitrogen and oxygen atoms in total. The van der Waals surface area contributed by atoms with Gasteiger partial charge < -0.3 is 5.32 Å². The summed E-state index contributed by atoms with van der Waals surface area (Å²) in [7, 11) is 0. The number of hydrogen-bond acceptors (Lipinski definition) is 2. The molecule has 0 radical (unpaired) electrons. The molecule has 2 rings (SSSR count). The third-order valence-corrected chi connectivity index (χ3v) is 2.96.